The zero-order valence-electron chi connectivity index (χ0n) is 12.9. The Morgan fingerprint density at radius 3 is 2.70 bits per heavy atom. The summed E-state index contributed by atoms with van der Waals surface area (Å²) in [7, 11) is 2.05. The molecule has 2 aromatic rings. The summed E-state index contributed by atoms with van der Waals surface area (Å²) in [6.45, 7) is 2.08. The van der Waals surface area contributed by atoms with Gasteiger partial charge in [-0.1, -0.05) is 5.92 Å². The fourth-order valence-electron chi connectivity index (χ4n) is 2.51. The van der Waals surface area contributed by atoms with Gasteiger partial charge in [-0.3, -0.25) is 0 Å². The minimum absolute atomic E-state index is 0.388. The first-order valence-corrected chi connectivity index (χ1v) is 7.56. The fraction of sp³-hybridized carbons (Fsp3) is 0.375. The van der Waals surface area contributed by atoms with E-state index < -0.39 is 0 Å². The summed E-state index contributed by atoms with van der Waals surface area (Å²) < 4.78 is 0. The summed E-state index contributed by atoms with van der Waals surface area (Å²) >= 11 is 0. The quantitative estimate of drug-likeness (QED) is 0.768. The van der Waals surface area contributed by atoms with Crippen LogP contribution in [0.2, 0.25) is 0 Å². The molecule has 0 spiro atoms. The number of hydrogen-bond acceptors (Lipinski definition) is 6. The maximum atomic E-state index is 10.9. The highest BCUT2D eigenvalue weighted by Crippen LogP contribution is 2.16. The molecule has 7 nitrogen and oxygen atoms in total. The highest BCUT2D eigenvalue weighted by Gasteiger charge is 2.18. The third-order valence-corrected chi connectivity index (χ3v) is 3.88. The van der Waals surface area contributed by atoms with Gasteiger partial charge >= 0.3 is 5.69 Å². The van der Waals surface area contributed by atoms with Crippen molar-refractivity contribution < 1.29 is 0 Å². The van der Waals surface area contributed by atoms with Crippen LogP contribution in [0.5, 0.6) is 0 Å². The summed E-state index contributed by atoms with van der Waals surface area (Å²) in [5.74, 6) is 6.66. The molecule has 3 rings (SSSR count). The van der Waals surface area contributed by atoms with E-state index in [4.69, 9.17) is 0 Å². The summed E-state index contributed by atoms with van der Waals surface area (Å²) in [6.07, 6.45) is 5.17. The van der Waals surface area contributed by atoms with Crippen LogP contribution in [0.25, 0.3) is 0 Å². The molecule has 1 aliphatic heterocycles. The zero-order valence-corrected chi connectivity index (χ0v) is 12.9. The van der Waals surface area contributed by atoms with Gasteiger partial charge in [-0.05, 0) is 44.0 Å². The van der Waals surface area contributed by atoms with Gasteiger partial charge in [0.15, 0.2) is 5.82 Å². The topological polar surface area (TPSA) is 86.8 Å². The van der Waals surface area contributed by atoms with E-state index in [1.807, 2.05) is 12.1 Å². The standard InChI is InChI=1S/C16H18N6O/c1-22(14-6-8-17-9-7-14)15-5-4-13(20-21-15)3-2-12-10-18-16(23)19-11-12/h4-5,10-11,14,17H,6-9H2,1H3,(H,18,19,23). The lowest BCUT2D eigenvalue weighted by atomic mass is 10.1. The number of rotatable bonds is 2. The smallest absolute Gasteiger partial charge is 0.344 e. The Morgan fingerprint density at radius 1 is 1.22 bits per heavy atom. The molecule has 0 atom stereocenters. The molecular weight excluding hydrogens is 292 g/mol. The molecule has 3 heterocycles. The first-order chi connectivity index (χ1) is 11.2. The van der Waals surface area contributed by atoms with Gasteiger partial charge in [-0.25, -0.2) is 9.78 Å². The number of anilines is 1. The number of nitrogens with one attached hydrogen (secondary N) is 2. The Balaban J connectivity index is 1.69. The van der Waals surface area contributed by atoms with Gasteiger partial charge in [-0.15, -0.1) is 10.2 Å². The number of aromatic amines is 1. The second-order valence-corrected chi connectivity index (χ2v) is 5.43. The Kier molecular flexibility index (Phi) is 4.64. The van der Waals surface area contributed by atoms with Crippen LogP contribution in [-0.2, 0) is 0 Å². The third kappa shape index (κ3) is 3.93. The van der Waals surface area contributed by atoms with E-state index in [9.17, 15) is 4.79 Å². The monoisotopic (exact) mass is 310 g/mol. The predicted molar refractivity (Wildman–Crippen MR) is 87.2 cm³/mol. The zero-order chi connectivity index (χ0) is 16.1. The molecule has 0 aliphatic carbocycles. The molecule has 118 valence electrons. The molecule has 0 saturated carbocycles. The number of piperidine rings is 1. The largest absolute Gasteiger partial charge is 0.355 e. The SMILES string of the molecule is CN(c1ccc(C#Cc2cnc(=O)[nH]c2)nn1)C1CCNCC1. The van der Waals surface area contributed by atoms with Gasteiger partial charge in [0, 0.05) is 25.5 Å². The molecule has 1 fully saturated rings. The normalized spacial score (nSPS) is 14.8. The average Bonchev–Trinajstić information content (AvgIpc) is 2.62. The van der Waals surface area contributed by atoms with Crippen molar-refractivity contribution in [2.75, 3.05) is 25.0 Å². The molecule has 0 amide bonds. The Hall–Kier alpha value is -2.72. The van der Waals surface area contributed by atoms with Crippen LogP contribution in [0.3, 0.4) is 0 Å². The second-order valence-electron chi connectivity index (χ2n) is 5.43. The molecule has 2 aromatic heterocycles. The van der Waals surface area contributed by atoms with Crippen LogP contribution < -0.4 is 15.9 Å². The highest BCUT2D eigenvalue weighted by molar-refractivity contribution is 5.42. The van der Waals surface area contributed by atoms with Crippen molar-refractivity contribution in [3.63, 3.8) is 0 Å². The van der Waals surface area contributed by atoms with Crippen molar-refractivity contribution in [3.8, 4) is 11.8 Å². The van der Waals surface area contributed by atoms with Gasteiger partial charge in [0.05, 0.1) is 5.56 Å². The van der Waals surface area contributed by atoms with Gasteiger partial charge < -0.3 is 15.2 Å². The molecule has 1 aliphatic rings. The van der Waals surface area contributed by atoms with E-state index >= 15 is 0 Å². The molecule has 2 N–H and O–H groups in total. The third-order valence-electron chi connectivity index (χ3n) is 3.88. The van der Waals surface area contributed by atoms with E-state index in [-0.39, 0.29) is 5.69 Å². The van der Waals surface area contributed by atoms with Gasteiger partial charge in [0.2, 0.25) is 0 Å². The van der Waals surface area contributed by atoms with Crippen LogP contribution in [0.15, 0.2) is 29.3 Å². The Bertz CT molecular complexity index is 747. The summed E-state index contributed by atoms with van der Waals surface area (Å²) in [6, 6.07) is 4.28. The Labute approximate surface area is 134 Å². The Morgan fingerprint density at radius 2 is 2.04 bits per heavy atom. The van der Waals surface area contributed by atoms with Crippen LogP contribution in [-0.4, -0.2) is 46.3 Å². The van der Waals surface area contributed by atoms with E-state index in [2.05, 4.69) is 49.3 Å². The molecular formula is C16H18N6O. The van der Waals surface area contributed by atoms with E-state index in [1.165, 1.54) is 12.4 Å². The van der Waals surface area contributed by atoms with Crippen LogP contribution in [0, 0.1) is 11.8 Å². The van der Waals surface area contributed by atoms with Crippen molar-refractivity contribution in [1.82, 2.24) is 25.5 Å². The summed E-state index contributed by atoms with van der Waals surface area (Å²) in [5, 5.41) is 11.8. The van der Waals surface area contributed by atoms with Gasteiger partial charge in [0.1, 0.15) is 5.69 Å². The first-order valence-electron chi connectivity index (χ1n) is 7.56. The van der Waals surface area contributed by atoms with Crippen molar-refractivity contribution >= 4 is 5.82 Å². The maximum absolute atomic E-state index is 10.9. The summed E-state index contributed by atoms with van der Waals surface area (Å²) in [5.41, 5.74) is 0.821. The van der Waals surface area contributed by atoms with Gasteiger partial charge in [0.25, 0.3) is 0 Å². The number of nitrogens with zero attached hydrogens (tertiary/aromatic N) is 4. The minimum atomic E-state index is -0.388. The molecule has 0 bridgehead atoms. The van der Waals surface area contributed by atoms with Gasteiger partial charge in [-0.2, -0.15) is 0 Å². The maximum Gasteiger partial charge on any atom is 0.344 e. The highest BCUT2D eigenvalue weighted by atomic mass is 16.1. The van der Waals surface area contributed by atoms with Crippen LogP contribution in [0.4, 0.5) is 5.82 Å². The lowest BCUT2D eigenvalue weighted by molar-refractivity contribution is 0.441. The van der Waals surface area contributed by atoms with Crippen molar-refractivity contribution in [3.05, 3.63) is 46.3 Å². The molecule has 7 heteroatoms. The van der Waals surface area contributed by atoms with Crippen molar-refractivity contribution in [2.24, 2.45) is 0 Å². The van der Waals surface area contributed by atoms with Crippen LogP contribution in [0.1, 0.15) is 24.1 Å². The van der Waals surface area contributed by atoms with Crippen molar-refractivity contribution in [2.45, 2.75) is 18.9 Å². The fourth-order valence-corrected chi connectivity index (χ4v) is 2.51. The average molecular weight is 310 g/mol. The van der Waals surface area contributed by atoms with Crippen molar-refractivity contribution in [1.29, 1.82) is 0 Å². The van der Waals surface area contributed by atoms with E-state index in [0.717, 1.165) is 31.7 Å². The molecule has 23 heavy (non-hydrogen) atoms. The second kappa shape index (κ2) is 7.03. The number of aromatic nitrogens is 4. The minimum Gasteiger partial charge on any atom is -0.355 e. The lowest BCUT2D eigenvalue weighted by Crippen LogP contribution is -2.41. The number of hydrogen-bond donors (Lipinski definition) is 2. The summed E-state index contributed by atoms with van der Waals surface area (Å²) in [4.78, 5) is 19.2. The first kappa shape index (κ1) is 15.2. The van der Waals surface area contributed by atoms with E-state index in [1.54, 1.807) is 0 Å². The predicted octanol–water partition coefficient (Wildman–Crippen LogP) is 0.148. The van der Waals surface area contributed by atoms with Crippen LogP contribution >= 0.6 is 0 Å². The number of H-pyrrole nitrogens is 1. The lowest BCUT2D eigenvalue weighted by Gasteiger charge is -2.32. The molecule has 1 saturated heterocycles. The molecule has 0 radical (unpaired) electrons. The molecule has 0 unspecified atom stereocenters. The van der Waals surface area contributed by atoms with E-state index in [0.29, 0.717) is 17.3 Å². The molecule has 0 aromatic carbocycles.